The number of ether oxygens (including phenoxy) is 1. The summed E-state index contributed by atoms with van der Waals surface area (Å²) in [6.45, 7) is 3.81. The molecule has 0 N–H and O–H groups in total. The number of hydrogen-bond donors (Lipinski definition) is 0. The van der Waals surface area contributed by atoms with Gasteiger partial charge in [-0.05, 0) is 30.7 Å². The number of rotatable bonds is 3. The second kappa shape index (κ2) is 4.08. The Labute approximate surface area is 78.5 Å². The van der Waals surface area contributed by atoms with Gasteiger partial charge in [-0.3, -0.25) is 4.79 Å². The third kappa shape index (κ3) is 2.31. The summed E-state index contributed by atoms with van der Waals surface area (Å²) in [6.07, 6.45) is 0.534. The molecule has 0 amide bonds. The van der Waals surface area contributed by atoms with Gasteiger partial charge in [-0.2, -0.15) is 0 Å². The van der Waals surface area contributed by atoms with Crippen LogP contribution in [0.2, 0.25) is 0 Å². The van der Waals surface area contributed by atoms with E-state index in [1.165, 1.54) is 0 Å². The van der Waals surface area contributed by atoms with Gasteiger partial charge in [-0.25, -0.2) is 0 Å². The summed E-state index contributed by atoms with van der Waals surface area (Å²) in [5, 5.41) is 0. The van der Waals surface area contributed by atoms with Gasteiger partial charge in [0.1, 0.15) is 5.75 Å². The lowest BCUT2D eigenvalue weighted by molar-refractivity contribution is 0.0987. The molecule has 0 atom stereocenters. The van der Waals surface area contributed by atoms with E-state index >= 15 is 0 Å². The molecule has 2 heteroatoms. The number of carbonyl (C=O) groups is 1. The number of Topliss-reactive ketones (excluding diaryl/α,β-unsaturated/α-hetero) is 1. The van der Waals surface area contributed by atoms with Crippen molar-refractivity contribution in [1.29, 1.82) is 0 Å². The zero-order valence-corrected chi connectivity index (χ0v) is 8.26. The number of aryl methyl sites for hydroxylation is 1. The fraction of sp³-hybridized carbons (Fsp3) is 0.364. The van der Waals surface area contributed by atoms with Gasteiger partial charge in [-0.1, -0.05) is 6.92 Å². The highest BCUT2D eigenvalue weighted by atomic mass is 16.5. The normalized spacial score (nSPS) is 9.77. The number of hydrogen-bond acceptors (Lipinski definition) is 2. The van der Waals surface area contributed by atoms with Crippen LogP contribution in [0.25, 0.3) is 0 Å². The highest BCUT2D eigenvalue weighted by molar-refractivity contribution is 5.96. The van der Waals surface area contributed by atoms with Crippen LogP contribution in [0, 0.1) is 6.92 Å². The Morgan fingerprint density at radius 2 is 2.08 bits per heavy atom. The Morgan fingerprint density at radius 1 is 1.38 bits per heavy atom. The van der Waals surface area contributed by atoms with Crippen LogP contribution in [0.3, 0.4) is 0 Å². The molecular formula is C11H14O2. The van der Waals surface area contributed by atoms with Gasteiger partial charge in [0.15, 0.2) is 5.78 Å². The first-order chi connectivity index (χ1) is 6.17. The van der Waals surface area contributed by atoms with Crippen molar-refractivity contribution in [2.24, 2.45) is 0 Å². The predicted molar refractivity (Wildman–Crippen MR) is 52.4 cm³/mol. The number of methoxy groups -OCH3 is 1. The van der Waals surface area contributed by atoms with Crippen molar-refractivity contribution in [2.75, 3.05) is 7.11 Å². The Kier molecular flexibility index (Phi) is 3.07. The minimum atomic E-state index is 0.155. The number of benzene rings is 1. The smallest absolute Gasteiger partial charge is 0.162 e. The average Bonchev–Trinajstić information content (AvgIpc) is 2.15. The molecular weight excluding hydrogens is 164 g/mol. The predicted octanol–water partition coefficient (Wildman–Crippen LogP) is 2.60. The molecule has 1 aromatic rings. The van der Waals surface area contributed by atoms with Crippen molar-refractivity contribution in [3.05, 3.63) is 29.3 Å². The van der Waals surface area contributed by atoms with Gasteiger partial charge in [0, 0.05) is 12.0 Å². The second-order valence-corrected chi connectivity index (χ2v) is 3.02. The zero-order valence-electron chi connectivity index (χ0n) is 8.26. The monoisotopic (exact) mass is 178 g/mol. The van der Waals surface area contributed by atoms with E-state index in [2.05, 4.69) is 0 Å². The zero-order chi connectivity index (χ0) is 9.84. The Hall–Kier alpha value is -1.31. The lowest BCUT2D eigenvalue weighted by atomic mass is 10.1. The van der Waals surface area contributed by atoms with Crippen molar-refractivity contribution < 1.29 is 9.53 Å². The Balaban J connectivity index is 3.08. The molecule has 0 aliphatic rings. The molecule has 0 bridgehead atoms. The van der Waals surface area contributed by atoms with Crippen molar-refractivity contribution in [2.45, 2.75) is 20.3 Å². The lowest BCUT2D eigenvalue weighted by Crippen LogP contribution is -1.97. The standard InChI is InChI=1S/C11H14O2/c1-4-11(12)9-5-8(2)6-10(7-9)13-3/h5-7H,4H2,1-3H3. The van der Waals surface area contributed by atoms with E-state index in [1.807, 2.05) is 26.0 Å². The second-order valence-electron chi connectivity index (χ2n) is 3.02. The van der Waals surface area contributed by atoms with E-state index in [0.29, 0.717) is 6.42 Å². The number of carbonyl (C=O) groups excluding carboxylic acids is 1. The van der Waals surface area contributed by atoms with Crippen LogP contribution in [0.15, 0.2) is 18.2 Å². The molecule has 0 fully saturated rings. The first-order valence-electron chi connectivity index (χ1n) is 4.36. The van der Waals surface area contributed by atoms with Crippen LogP contribution in [-0.2, 0) is 0 Å². The summed E-state index contributed by atoms with van der Waals surface area (Å²) in [5.41, 5.74) is 1.79. The molecule has 0 radical (unpaired) electrons. The molecule has 70 valence electrons. The fourth-order valence-corrected chi connectivity index (χ4v) is 1.23. The van der Waals surface area contributed by atoms with Crippen LogP contribution >= 0.6 is 0 Å². The third-order valence-corrected chi connectivity index (χ3v) is 1.93. The van der Waals surface area contributed by atoms with E-state index < -0.39 is 0 Å². The van der Waals surface area contributed by atoms with E-state index in [0.717, 1.165) is 16.9 Å². The van der Waals surface area contributed by atoms with Gasteiger partial charge in [0.05, 0.1) is 7.11 Å². The van der Waals surface area contributed by atoms with Crippen LogP contribution in [-0.4, -0.2) is 12.9 Å². The summed E-state index contributed by atoms with van der Waals surface area (Å²) >= 11 is 0. The molecule has 1 rings (SSSR count). The van der Waals surface area contributed by atoms with Gasteiger partial charge in [0.25, 0.3) is 0 Å². The van der Waals surface area contributed by atoms with Gasteiger partial charge < -0.3 is 4.74 Å². The van der Waals surface area contributed by atoms with Crippen molar-refractivity contribution in [3.63, 3.8) is 0 Å². The third-order valence-electron chi connectivity index (χ3n) is 1.93. The van der Waals surface area contributed by atoms with Gasteiger partial charge in [0.2, 0.25) is 0 Å². The van der Waals surface area contributed by atoms with Crippen LogP contribution in [0.1, 0.15) is 29.3 Å². The molecule has 0 aliphatic heterocycles. The van der Waals surface area contributed by atoms with Crippen LogP contribution in [0.4, 0.5) is 0 Å². The largest absolute Gasteiger partial charge is 0.497 e. The summed E-state index contributed by atoms with van der Waals surface area (Å²) in [7, 11) is 1.61. The summed E-state index contributed by atoms with van der Waals surface area (Å²) in [5.74, 6) is 0.902. The van der Waals surface area contributed by atoms with E-state index in [4.69, 9.17) is 4.74 Å². The van der Waals surface area contributed by atoms with Gasteiger partial charge >= 0.3 is 0 Å². The molecule has 0 spiro atoms. The molecule has 0 saturated heterocycles. The quantitative estimate of drug-likeness (QED) is 0.665. The average molecular weight is 178 g/mol. The molecule has 1 aromatic carbocycles. The summed E-state index contributed by atoms with van der Waals surface area (Å²) in [6, 6.07) is 5.57. The van der Waals surface area contributed by atoms with Crippen molar-refractivity contribution >= 4 is 5.78 Å². The topological polar surface area (TPSA) is 26.3 Å². The molecule has 0 aliphatic carbocycles. The Morgan fingerprint density at radius 3 is 2.62 bits per heavy atom. The summed E-state index contributed by atoms with van der Waals surface area (Å²) in [4.78, 5) is 11.4. The Bertz CT molecular complexity index is 316. The maximum absolute atomic E-state index is 11.4. The van der Waals surface area contributed by atoms with E-state index in [9.17, 15) is 4.79 Å². The summed E-state index contributed by atoms with van der Waals surface area (Å²) < 4.78 is 5.08. The SMILES string of the molecule is CCC(=O)c1cc(C)cc(OC)c1. The highest BCUT2D eigenvalue weighted by Gasteiger charge is 2.05. The lowest BCUT2D eigenvalue weighted by Gasteiger charge is -2.04. The highest BCUT2D eigenvalue weighted by Crippen LogP contribution is 2.17. The van der Waals surface area contributed by atoms with E-state index in [1.54, 1.807) is 13.2 Å². The minimum Gasteiger partial charge on any atom is -0.497 e. The molecule has 0 heterocycles. The van der Waals surface area contributed by atoms with Crippen molar-refractivity contribution in [3.8, 4) is 5.75 Å². The molecule has 13 heavy (non-hydrogen) atoms. The maximum Gasteiger partial charge on any atom is 0.162 e. The van der Waals surface area contributed by atoms with E-state index in [-0.39, 0.29) is 5.78 Å². The van der Waals surface area contributed by atoms with Gasteiger partial charge in [-0.15, -0.1) is 0 Å². The maximum atomic E-state index is 11.4. The fourth-order valence-electron chi connectivity index (χ4n) is 1.23. The molecule has 0 unspecified atom stereocenters. The first-order valence-corrected chi connectivity index (χ1v) is 4.36. The van der Waals surface area contributed by atoms with Crippen LogP contribution < -0.4 is 4.74 Å². The number of ketones is 1. The van der Waals surface area contributed by atoms with Crippen LogP contribution in [0.5, 0.6) is 5.75 Å². The molecule has 0 aromatic heterocycles. The first kappa shape index (κ1) is 9.78. The van der Waals surface area contributed by atoms with Crippen molar-refractivity contribution in [1.82, 2.24) is 0 Å². The molecule has 2 nitrogen and oxygen atoms in total. The molecule has 0 saturated carbocycles. The minimum absolute atomic E-state index is 0.155.